The highest BCUT2D eigenvalue weighted by molar-refractivity contribution is 5.94. The maximum atomic E-state index is 13.6. The summed E-state index contributed by atoms with van der Waals surface area (Å²) in [7, 11) is 0. The van der Waals surface area contributed by atoms with Gasteiger partial charge in [-0.1, -0.05) is 54.6 Å². The van der Waals surface area contributed by atoms with Crippen LogP contribution in [-0.2, 0) is 30.3 Å². The minimum absolute atomic E-state index is 0.124. The van der Waals surface area contributed by atoms with E-state index in [2.05, 4.69) is 10.6 Å². The van der Waals surface area contributed by atoms with E-state index in [0.29, 0.717) is 50.8 Å². The van der Waals surface area contributed by atoms with Crippen molar-refractivity contribution in [3.63, 3.8) is 0 Å². The second kappa shape index (κ2) is 17.5. The molecular formula is C41H49N3O9. The summed E-state index contributed by atoms with van der Waals surface area (Å²) in [6.45, 7) is 7.93. The molecule has 0 radical (unpaired) electrons. The van der Waals surface area contributed by atoms with Gasteiger partial charge in [0.25, 0.3) is 5.91 Å². The zero-order valence-corrected chi connectivity index (χ0v) is 30.5. The summed E-state index contributed by atoms with van der Waals surface area (Å²) in [5, 5.41) is 6.05. The SMILES string of the molecule is CC(C)(C)OC(=O)N1CC2COCC(C1)C2OC(=O)NC(c1ccccc1)c1cccc(OCc2ccc(C(=O)NCCCCC3OC=CO3)cc2)c1. The van der Waals surface area contributed by atoms with Crippen LogP contribution in [0.25, 0.3) is 0 Å². The number of likely N-dealkylation sites (tertiary alicyclic amines) is 1. The Labute approximate surface area is 310 Å². The lowest BCUT2D eigenvalue weighted by Crippen LogP contribution is -2.59. The molecule has 3 atom stereocenters. The maximum Gasteiger partial charge on any atom is 0.410 e. The van der Waals surface area contributed by atoms with Gasteiger partial charge in [-0.2, -0.15) is 0 Å². The van der Waals surface area contributed by atoms with Gasteiger partial charge in [0.15, 0.2) is 0 Å². The first-order valence-electron chi connectivity index (χ1n) is 18.2. The highest BCUT2D eigenvalue weighted by Gasteiger charge is 2.45. The van der Waals surface area contributed by atoms with Crippen LogP contribution in [0.15, 0.2) is 91.4 Å². The van der Waals surface area contributed by atoms with E-state index in [4.69, 9.17) is 28.4 Å². The van der Waals surface area contributed by atoms with E-state index in [-0.39, 0.29) is 30.1 Å². The highest BCUT2D eigenvalue weighted by Crippen LogP contribution is 2.32. The number of hydrogen-bond donors (Lipinski definition) is 2. The normalized spacial score (nSPS) is 20.1. The van der Waals surface area contributed by atoms with Crippen molar-refractivity contribution in [1.82, 2.24) is 15.5 Å². The molecular weight excluding hydrogens is 678 g/mol. The molecule has 282 valence electrons. The first-order valence-corrected chi connectivity index (χ1v) is 18.2. The Morgan fingerprint density at radius 1 is 0.868 bits per heavy atom. The molecule has 0 spiro atoms. The molecule has 3 heterocycles. The van der Waals surface area contributed by atoms with Crippen molar-refractivity contribution in [1.29, 1.82) is 0 Å². The van der Waals surface area contributed by atoms with Crippen molar-refractivity contribution in [2.45, 2.75) is 70.7 Å². The summed E-state index contributed by atoms with van der Waals surface area (Å²) < 4.78 is 34.2. The van der Waals surface area contributed by atoms with Gasteiger partial charge >= 0.3 is 12.2 Å². The number of rotatable bonds is 13. The molecule has 0 saturated carbocycles. The van der Waals surface area contributed by atoms with E-state index in [9.17, 15) is 14.4 Å². The van der Waals surface area contributed by atoms with Gasteiger partial charge in [0.1, 0.15) is 36.6 Å². The van der Waals surface area contributed by atoms with Gasteiger partial charge in [0.2, 0.25) is 6.29 Å². The zero-order valence-electron chi connectivity index (χ0n) is 30.5. The lowest BCUT2D eigenvalue weighted by atomic mass is 9.85. The van der Waals surface area contributed by atoms with Crippen LogP contribution in [0.5, 0.6) is 5.75 Å². The van der Waals surface area contributed by atoms with Crippen LogP contribution in [0.1, 0.15) is 73.1 Å². The number of fused-ring (bicyclic) bond motifs is 2. The number of amides is 3. The number of benzene rings is 3. The number of hydrogen-bond acceptors (Lipinski definition) is 9. The topological polar surface area (TPSA) is 134 Å². The molecule has 2 saturated heterocycles. The number of piperidine rings is 1. The molecule has 3 amide bonds. The first-order chi connectivity index (χ1) is 25.6. The molecule has 2 N–H and O–H groups in total. The minimum Gasteiger partial charge on any atom is -0.489 e. The second-order valence-corrected chi connectivity index (χ2v) is 14.6. The van der Waals surface area contributed by atoms with Crippen molar-refractivity contribution in [3.8, 4) is 5.75 Å². The molecule has 6 rings (SSSR count). The second-order valence-electron chi connectivity index (χ2n) is 14.6. The number of unbranched alkanes of at least 4 members (excludes halogenated alkanes) is 1. The Kier molecular flexibility index (Phi) is 12.4. The van der Waals surface area contributed by atoms with Crippen molar-refractivity contribution < 1.29 is 42.8 Å². The van der Waals surface area contributed by atoms with E-state index in [1.165, 1.54) is 0 Å². The molecule has 0 aromatic heterocycles. The van der Waals surface area contributed by atoms with Gasteiger partial charge in [0.05, 0.1) is 19.3 Å². The molecule has 3 aromatic carbocycles. The quantitative estimate of drug-likeness (QED) is 0.184. The molecule has 2 fully saturated rings. The molecule has 12 nitrogen and oxygen atoms in total. The van der Waals surface area contributed by atoms with Crippen molar-refractivity contribution >= 4 is 18.1 Å². The molecule has 0 aliphatic carbocycles. The zero-order chi connectivity index (χ0) is 37.2. The Bertz CT molecular complexity index is 1690. The van der Waals surface area contributed by atoms with Crippen LogP contribution in [-0.4, -0.2) is 73.8 Å². The molecule has 3 aromatic rings. The first kappa shape index (κ1) is 37.5. The van der Waals surface area contributed by atoms with E-state index in [0.717, 1.165) is 36.0 Å². The molecule has 3 aliphatic rings. The van der Waals surface area contributed by atoms with Gasteiger partial charge in [-0.25, -0.2) is 9.59 Å². The van der Waals surface area contributed by atoms with Crippen molar-refractivity contribution in [3.05, 3.63) is 114 Å². The lowest BCUT2D eigenvalue weighted by Gasteiger charge is -2.46. The minimum atomic E-state index is -0.601. The van der Waals surface area contributed by atoms with Crippen LogP contribution < -0.4 is 15.4 Å². The van der Waals surface area contributed by atoms with Crippen LogP contribution in [0.3, 0.4) is 0 Å². The maximum absolute atomic E-state index is 13.6. The Morgan fingerprint density at radius 2 is 1.57 bits per heavy atom. The number of carbonyl (C=O) groups excluding carboxylic acids is 3. The fraction of sp³-hybridized carbons (Fsp3) is 0.439. The third-order valence-electron chi connectivity index (χ3n) is 9.27. The van der Waals surface area contributed by atoms with Gasteiger partial charge in [-0.15, -0.1) is 0 Å². The third kappa shape index (κ3) is 10.7. The van der Waals surface area contributed by atoms with E-state index in [1.54, 1.807) is 29.6 Å². The van der Waals surface area contributed by atoms with E-state index in [1.807, 2.05) is 87.5 Å². The molecule has 2 bridgehead atoms. The largest absolute Gasteiger partial charge is 0.489 e. The monoisotopic (exact) mass is 727 g/mol. The number of carbonyl (C=O) groups is 3. The Hall–Kier alpha value is -5.23. The van der Waals surface area contributed by atoms with Gasteiger partial charge in [0, 0.05) is 43.5 Å². The van der Waals surface area contributed by atoms with Crippen molar-refractivity contribution in [2.24, 2.45) is 11.8 Å². The molecule has 3 unspecified atom stereocenters. The third-order valence-corrected chi connectivity index (χ3v) is 9.27. The predicted molar refractivity (Wildman–Crippen MR) is 196 cm³/mol. The summed E-state index contributed by atoms with van der Waals surface area (Å²) in [6, 6.07) is 24.1. The van der Waals surface area contributed by atoms with E-state index >= 15 is 0 Å². The van der Waals surface area contributed by atoms with Gasteiger partial charge < -0.3 is 44.0 Å². The average Bonchev–Trinajstić information content (AvgIpc) is 3.66. The average molecular weight is 728 g/mol. The standard InChI is InChI=1S/C41H49N3O9/c1-41(2,3)53-40(47)44-23-32-26-48-27-33(24-44)37(32)52-39(46)43-36(29-10-5-4-6-11-29)31-12-9-13-34(22-31)51-25-28-15-17-30(18-16-28)38(45)42-19-8-7-14-35-49-20-21-50-35/h4-6,9-13,15-18,20-22,32-33,35-37H,7-8,14,19,23-27H2,1-3H3,(H,42,45)(H,43,46). The number of nitrogens with one attached hydrogen (secondary N) is 2. The van der Waals surface area contributed by atoms with Gasteiger partial charge in [-0.05, 0) is 74.6 Å². The fourth-order valence-corrected chi connectivity index (χ4v) is 6.70. The molecule has 12 heteroatoms. The smallest absolute Gasteiger partial charge is 0.410 e. The summed E-state index contributed by atoms with van der Waals surface area (Å²) in [5.41, 5.74) is 2.59. The van der Waals surface area contributed by atoms with Crippen molar-refractivity contribution in [2.75, 3.05) is 32.8 Å². The van der Waals surface area contributed by atoms with Crippen LogP contribution in [0, 0.1) is 11.8 Å². The lowest BCUT2D eigenvalue weighted by molar-refractivity contribution is -0.124. The number of nitrogens with zero attached hydrogens (tertiary/aromatic N) is 1. The fourth-order valence-electron chi connectivity index (χ4n) is 6.70. The summed E-state index contributed by atoms with van der Waals surface area (Å²) in [5.74, 6) is 0.167. The Balaban J connectivity index is 1.03. The van der Waals surface area contributed by atoms with Crippen LogP contribution in [0.4, 0.5) is 9.59 Å². The summed E-state index contributed by atoms with van der Waals surface area (Å²) >= 11 is 0. The number of ether oxygens (including phenoxy) is 6. The molecule has 3 aliphatic heterocycles. The Morgan fingerprint density at radius 3 is 2.26 bits per heavy atom. The van der Waals surface area contributed by atoms with Crippen LogP contribution >= 0.6 is 0 Å². The molecule has 53 heavy (non-hydrogen) atoms. The van der Waals surface area contributed by atoms with Crippen LogP contribution in [0.2, 0.25) is 0 Å². The predicted octanol–water partition coefficient (Wildman–Crippen LogP) is 6.71. The van der Waals surface area contributed by atoms with Gasteiger partial charge in [-0.3, -0.25) is 4.79 Å². The summed E-state index contributed by atoms with van der Waals surface area (Å²) in [6.07, 6.45) is 4.02. The highest BCUT2D eigenvalue weighted by atomic mass is 16.7. The van der Waals surface area contributed by atoms with E-state index < -0.39 is 23.8 Å². The summed E-state index contributed by atoms with van der Waals surface area (Å²) in [4.78, 5) is 40.7. The number of alkyl carbamates (subject to hydrolysis) is 1.